The Labute approximate surface area is 227 Å². The molecule has 2 atom stereocenters. The zero-order chi connectivity index (χ0) is 27.2. The van der Waals surface area contributed by atoms with Crippen LogP contribution in [-0.2, 0) is 13.0 Å². The second-order valence-electron chi connectivity index (χ2n) is 9.97. The third kappa shape index (κ3) is 6.81. The van der Waals surface area contributed by atoms with Crippen molar-refractivity contribution in [3.63, 3.8) is 0 Å². The number of hydrazine groups is 1. The predicted molar refractivity (Wildman–Crippen MR) is 150 cm³/mol. The third-order valence-electron chi connectivity index (χ3n) is 7.13. The lowest BCUT2D eigenvalue weighted by atomic mass is 9.93. The maximum Gasteiger partial charge on any atom is 0.427 e. The monoisotopic (exact) mass is 526 g/mol. The van der Waals surface area contributed by atoms with Crippen molar-refractivity contribution in [2.75, 3.05) is 6.54 Å². The van der Waals surface area contributed by atoms with Gasteiger partial charge in [-0.25, -0.2) is 14.8 Å². The largest absolute Gasteiger partial charge is 0.427 e. The molecule has 2 amide bonds. The molecule has 0 saturated carbocycles. The van der Waals surface area contributed by atoms with Gasteiger partial charge in [-0.05, 0) is 68.0 Å². The highest BCUT2D eigenvalue weighted by Gasteiger charge is 2.31. The number of piperidine rings is 1. The van der Waals surface area contributed by atoms with Crippen molar-refractivity contribution < 1.29 is 14.3 Å². The summed E-state index contributed by atoms with van der Waals surface area (Å²) in [5.41, 5.74) is 13.3. The zero-order valence-electron chi connectivity index (χ0n) is 22.0. The number of ether oxygens (including phenoxy) is 1. The highest BCUT2D eigenvalue weighted by atomic mass is 16.6. The summed E-state index contributed by atoms with van der Waals surface area (Å²) in [5, 5.41) is 5.12. The van der Waals surface area contributed by atoms with E-state index in [-0.39, 0.29) is 18.0 Å². The van der Waals surface area contributed by atoms with E-state index in [4.69, 9.17) is 10.5 Å². The van der Waals surface area contributed by atoms with E-state index in [1.807, 2.05) is 60.5 Å². The van der Waals surface area contributed by atoms with Gasteiger partial charge in [0.05, 0.1) is 11.0 Å². The van der Waals surface area contributed by atoms with Gasteiger partial charge >= 0.3 is 6.09 Å². The predicted octanol–water partition coefficient (Wildman–Crippen LogP) is 4.23. The summed E-state index contributed by atoms with van der Waals surface area (Å²) in [4.78, 5) is 33.2. The number of carbonyl (C=O) groups is 2. The number of benzene rings is 3. The second kappa shape index (κ2) is 12.1. The lowest BCUT2D eigenvalue weighted by molar-refractivity contribution is 0.0603. The third-order valence-corrected chi connectivity index (χ3v) is 7.13. The topological polar surface area (TPSA) is 125 Å². The van der Waals surface area contributed by atoms with Gasteiger partial charge in [0.25, 0.3) is 5.91 Å². The standard InChI is InChI=1S/C30H34N6O3/c1-20-32-27-14-13-26(18-28(27)33-20)39-30(38)35-36-16-15-24(34-29(37)23-5-3-2-4-6-23)17-25(36)12-11-21-7-9-22(19-31)10-8-21/h2-10,13-14,18,24-25H,11-12,15-17,19,31H2,1H3,(H,32,33)(H,34,37)(H,35,38). The number of rotatable bonds is 8. The number of imidazole rings is 1. The Morgan fingerprint density at radius 2 is 1.85 bits per heavy atom. The maximum atomic E-state index is 12.9. The van der Waals surface area contributed by atoms with Crippen molar-refractivity contribution in [1.29, 1.82) is 0 Å². The van der Waals surface area contributed by atoms with Gasteiger partial charge in [-0.15, -0.1) is 0 Å². The molecule has 3 aromatic carbocycles. The molecule has 202 valence electrons. The molecule has 0 bridgehead atoms. The molecule has 1 aliphatic heterocycles. The lowest BCUT2D eigenvalue weighted by Crippen LogP contribution is -2.56. The molecule has 9 nitrogen and oxygen atoms in total. The minimum Gasteiger partial charge on any atom is -0.409 e. The molecule has 0 aliphatic carbocycles. The molecular formula is C30H34N6O3. The molecular weight excluding hydrogens is 492 g/mol. The summed E-state index contributed by atoms with van der Waals surface area (Å²) >= 11 is 0. The summed E-state index contributed by atoms with van der Waals surface area (Å²) in [6.07, 6.45) is 2.51. The van der Waals surface area contributed by atoms with Crippen LogP contribution in [0, 0.1) is 6.92 Å². The van der Waals surface area contributed by atoms with Crippen LogP contribution >= 0.6 is 0 Å². The van der Waals surface area contributed by atoms with Crippen LogP contribution in [0.25, 0.3) is 11.0 Å². The zero-order valence-corrected chi connectivity index (χ0v) is 22.0. The Hall–Kier alpha value is -4.21. The Bertz CT molecular complexity index is 1420. The highest BCUT2D eigenvalue weighted by molar-refractivity contribution is 5.94. The number of nitrogens with one attached hydrogen (secondary N) is 3. The van der Waals surface area contributed by atoms with Crippen molar-refractivity contribution in [3.05, 3.63) is 95.3 Å². The van der Waals surface area contributed by atoms with Crippen LogP contribution in [0.5, 0.6) is 5.75 Å². The summed E-state index contributed by atoms with van der Waals surface area (Å²) in [7, 11) is 0. The molecule has 1 aromatic heterocycles. The first-order valence-corrected chi connectivity index (χ1v) is 13.3. The first-order chi connectivity index (χ1) is 19.0. The van der Waals surface area contributed by atoms with Gasteiger partial charge in [-0.1, -0.05) is 42.5 Å². The summed E-state index contributed by atoms with van der Waals surface area (Å²) in [6.45, 7) is 2.98. The molecule has 5 N–H and O–H groups in total. The van der Waals surface area contributed by atoms with Crippen molar-refractivity contribution in [2.45, 2.75) is 51.2 Å². The van der Waals surface area contributed by atoms with Crippen molar-refractivity contribution in [2.24, 2.45) is 5.73 Å². The van der Waals surface area contributed by atoms with Gasteiger partial charge in [0.15, 0.2) is 0 Å². The molecule has 1 aliphatic rings. The summed E-state index contributed by atoms with van der Waals surface area (Å²) in [6, 6.07) is 22.9. The van der Waals surface area contributed by atoms with E-state index in [0.29, 0.717) is 37.2 Å². The van der Waals surface area contributed by atoms with Crippen molar-refractivity contribution in [1.82, 2.24) is 25.7 Å². The molecule has 5 rings (SSSR count). The van der Waals surface area contributed by atoms with Crippen LogP contribution in [0.2, 0.25) is 0 Å². The summed E-state index contributed by atoms with van der Waals surface area (Å²) < 4.78 is 5.60. The number of aryl methyl sites for hydroxylation is 2. The number of fused-ring (bicyclic) bond motifs is 1. The molecule has 39 heavy (non-hydrogen) atoms. The Kier molecular flexibility index (Phi) is 8.19. The molecule has 0 spiro atoms. The smallest absolute Gasteiger partial charge is 0.409 e. The van der Waals surface area contributed by atoms with E-state index < -0.39 is 6.09 Å². The van der Waals surface area contributed by atoms with Gasteiger partial charge in [0.1, 0.15) is 11.6 Å². The number of carbonyl (C=O) groups excluding carboxylic acids is 2. The fraction of sp³-hybridized carbons (Fsp3) is 0.300. The SMILES string of the molecule is Cc1nc2ccc(OC(=O)NN3CCC(NC(=O)c4ccccc4)CC3CCc3ccc(CN)cc3)cc2[nH]1. The molecule has 0 radical (unpaired) electrons. The second-order valence-corrected chi connectivity index (χ2v) is 9.97. The Balaban J connectivity index is 1.24. The quantitative estimate of drug-likeness (QED) is 0.272. The first-order valence-electron chi connectivity index (χ1n) is 13.3. The van der Waals surface area contributed by atoms with Gasteiger partial charge < -0.3 is 20.8 Å². The molecule has 4 aromatic rings. The molecule has 2 heterocycles. The lowest BCUT2D eigenvalue weighted by Gasteiger charge is -2.39. The number of aromatic amines is 1. The average molecular weight is 527 g/mol. The number of nitrogens with two attached hydrogens (primary N) is 1. The van der Waals surface area contributed by atoms with E-state index in [9.17, 15) is 9.59 Å². The fourth-order valence-electron chi connectivity index (χ4n) is 5.06. The number of hydrogen-bond donors (Lipinski definition) is 4. The minimum absolute atomic E-state index is 0.00224. The molecule has 2 unspecified atom stereocenters. The Morgan fingerprint density at radius 1 is 1.08 bits per heavy atom. The van der Waals surface area contributed by atoms with Crippen molar-refractivity contribution in [3.8, 4) is 5.75 Å². The molecule has 1 fully saturated rings. The minimum atomic E-state index is -0.547. The van der Waals surface area contributed by atoms with Crippen LogP contribution in [-0.4, -0.2) is 45.6 Å². The molecule has 1 saturated heterocycles. The number of amides is 2. The van der Waals surface area contributed by atoms with Crippen LogP contribution in [0.15, 0.2) is 72.8 Å². The Morgan fingerprint density at radius 3 is 2.62 bits per heavy atom. The maximum absolute atomic E-state index is 12.9. The van der Waals surface area contributed by atoms with Gasteiger partial charge in [-0.3, -0.25) is 10.2 Å². The van der Waals surface area contributed by atoms with Gasteiger partial charge in [0, 0.05) is 36.8 Å². The van der Waals surface area contributed by atoms with Crippen LogP contribution in [0.4, 0.5) is 4.79 Å². The molecule has 9 heteroatoms. The number of hydrogen-bond acceptors (Lipinski definition) is 6. The number of aromatic nitrogens is 2. The average Bonchev–Trinajstić information content (AvgIpc) is 3.33. The first kappa shape index (κ1) is 26.4. The number of nitrogens with zero attached hydrogens (tertiary/aromatic N) is 2. The van der Waals surface area contributed by atoms with Crippen LogP contribution in [0.3, 0.4) is 0 Å². The van der Waals surface area contributed by atoms with E-state index in [1.54, 1.807) is 12.1 Å². The van der Waals surface area contributed by atoms with E-state index >= 15 is 0 Å². The fourth-order valence-corrected chi connectivity index (χ4v) is 5.06. The normalized spacial score (nSPS) is 17.6. The van der Waals surface area contributed by atoms with Gasteiger partial charge in [-0.2, -0.15) is 0 Å². The van der Waals surface area contributed by atoms with Crippen molar-refractivity contribution >= 4 is 23.0 Å². The van der Waals surface area contributed by atoms with Crippen LogP contribution in [0.1, 0.15) is 46.6 Å². The summed E-state index contributed by atoms with van der Waals surface area (Å²) in [5.74, 6) is 1.15. The highest BCUT2D eigenvalue weighted by Crippen LogP contribution is 2.23. The van der Waals surface area contributed by atoms with Gasteiger partial charge in [0.2, 0.25) is 0 Å². The van der Waals surface area contributed by atoms with Crippen LogP contribution < -0.4 is 21.2 Å². The van der Waals surface area contributed by atoms with E-state index in [1.165, 1.54) is 5.56 Å². The van der Waals surface area contributed by atoms with E-state index in [2.05, 4.69) is 32.8 Å². The van der Waals surface area contributed by atoms with E-state index in [0.717, 1.165) is 35.3 Å². The number of H-pyrrole nitrogens is 1.